The fourth-order valence-electron chi connectivity index (χ4n) is 3.17. The number of halogens is 1. The van der Waals surface area contributed by atoms with E-state index in [1.54, 1.807) is 0 Å². The number of aryl methyl sites for hydroxylation is 1. The Hall–Kier alpha value is -2.23. The summed E-state index contributed by atoms with van der Waals surface area (Å²) in [5.41, 5.74) is 9.29. The van der Waals surface area contributed by atoms with Crippen LogP contribution < -0.4 is 11.0 Å². The quantitative estimate of drug-likeness (QED) is 0.245. The van der Waals surface area contributed by atoms with Crippen molar-refractivity contribution in [3.8, 4) is 0 Å². The SMILES string of the molecule is CCCCC[P+](=O)c1ccc2c(c1)nc(Cc1ccc(C(=N)N)cc1)n2C.Cl. The molecule has 7 heteroatoms. The molecule has 0 radical (unpaired) electrons. The van der Waals surface area contributed by atoms with Gasteiger partial charge in [0.15, 0.2) is 11.5 Å². The summed E-state index contributed by atoms with van der Waals surface area (Å²) in [5, 5.41) is 8.37. The molecule has 5 nitrogen and oxygen atoms in total. The first kappa shape index (κ1) is 22.1. The maximum Gasteiger partial charge on any atom is 0.376 e. The monoisotopic (exact) mass is 417 g/mol. The average molecular weight is 418 g/mol. The van der Waals surface area contributed by atoms with Gasteiger partial charge in [0.05, 0.1) is 11.0 Å². The second-order valence-corrected chi connectivity index (χ2v) is 8.58. The van der Waals surface area contributed by atoms with Crippen LogP contribution in [-0.2, 0) is 18.0 Å². The number of rotatable bonds is 8. The summed E-state index contributed by atoms with van der Waals surface area (Å²) in [6.45, 7) is 2.15. The van der Waals surface area contributed by atoms with Crippen LogP contribution >= 0.6 is 20.2 Å². The molecule has 1 aromatic heterocycles. The van der Waals surface area contributed by atoms with Gasteiger partial charge >= 0.3 is 7.80 Å². The Morgan fingerprint density at radius 3 is 2.54 bits per heavy atom. The van der Waals surface area contributed by atoms with E-state index in [1.807, 2.05) is 49.5 Å². The molecule has 0 aliphatic rings. The topological polar surface area (TPSA) is 84.8 Å². The zero-order valence-corrected chi connectivity index (χ0v) is 18.0. The zero-order chi connectivity index (χ0) is 19.4. The van der Waals surface area contributed by atoms with Gasteiger partial charge in [0.1, 0.15) is 11.7 Å². The van der Waals surface area contributed by atoms with Gasteiger partial charge in [-0.15, -0.1) is 12.4 Å². The Morgan fingerprint density at radius 1 is 1.18 bits per heavy atom. The van der Waals surface area contributed by atoms with Crippen LogP contribution in [0.3, 0.4) is 0 Å². The Labute approximate surface area is 173 Å². The normalized spacial score (nSPS) is 11.3. The van der Waals surface area contributed by atoms with Gasteiger partial charge in [0, 0.05) is 25.1 Å². The van der Waals surface area contributed by atoms with Crippen LogP contribution in [0.25, 0.3) is 11.0 Å². The van der Waals surface area contributed by atoms with Gasteiger partial charge in [0.2, 0.25) is 0 Å². The summed E-state index contributed by atoms with van der Waals surface area (Å²) in [6, 6.07) is 13.6. The molecule has 0 bridgehead atoms. The zero-order valence-electron chi connectivity index (χ0n) is 16.3. The molecule has 0 aliphatic heterocycles. The number of nitrogens with zero attached hydrogens (tertiary/aromatic N) is 2. The summed E-state index contributed by atoms with van der Waals surface area (Å²) in [7, 11) is 0.659. The smallest absolute Gasteiger partial charge is 0.376 e. The van der Waals surface area contributed by atoms with Crippen molar-refractivity contribution in [3.05, 3.63) is 59.4 Å². The van der Waals surface area contributed by atoms with Crippen molar-refractivity contribution in [1.82, 2.24) is 9.55 Å². The Morgan fingerprint density at radius 2 is 1.89 bits per heavy atom. The van der Waals surface area contributed by atoms with E-state index in [9.17, 15) is 4.57 Å². The number of unbranched alkanes of at least 4 members (excludes halogenated alkanes) is 2. The number of amidine groups is 1. The highest BCUT2D eigenvalue weighted by Gasteiger charge is 2.20. The third-order valence-electron chi connectivity index (χ3n) is 4.84. The highest BCUT2D eigenvalue weighted by atomic mass is 35.5. The minimum absolute atomic E-state index is 0. The minimum atomic E-state index is -1.35. The highest BCUT2D eigenvalue weighted by Crippen LogP contribution is 2.25. The predicted molar refractivity (Wildman–Crippen MR) is 120 cm³/mol. The minimum Gasteiger partial charge on any atom is -0.384 e. The van der Waals surface area contributed by atoms with Crippen LogP contribution in [0.5, 0.6) is 0 Å². The summed E-state index contributed by atoms with van der Waals surface area (Å²) in [5.74, 6) is 1.03. The predicted octanol–water partition coefficient (Wildman–Crippen LogP) is 4.51. The fourth-order valence-corrected chi connectivity index (χ4v) is 4.45. The maximum atomic E-state index is 12.5. The van der Waals surface area contributed by atoms with E-state index in [1.165, 1.54) is 0 Å². The molecule has 28 heavy (non-hydrogen) atoms. The summed E-state index contributed by atoms with van der Waals surface area (Å²) in [6.07, 6.45) is 4.71. The van der Waals surface area contributed by atoms with Crippen molar-refractivity contribution in [2.75, 3.05) is 6.16 Å². The van der Waals surface area contributed by atoms with E-state index in [2.05, 4.69) is 11.5 Å². The molecule has 1 atom stereocenters. The molecule has 1 unspecified atom stereocenters. The molecule has 0 saturated heterocycles. The van der Waals surface area contributed by atoms with Gasteiger partial charge in [0.25, 0.3) is 0 Å². The van der Waals surface area contributed by atoms with E-state index in [0.717, 1.165) is 58.7 Å². The summed E-state index contributed by atoms with van der Waals surface area (Å²) >= 11 is 0. The number of hydrogen-bond donors (Lipinski definition) is 2. The van der Waals surface area contributed by atoms with Crippen molar-refractivity contribution in [1.29, 1.82) is 5.41 Å². The number of nitrogens with two attached hydrogens (primary N) is 1. The van der Waals surface area contributed by atoms with Crippen molar-refractivity contribution in [2.45, 2.75) is 32.6 Å². The molecular formula is C21H27ClN4OP+. The van der Waals surface area contributed by atoms with Crippen LogP contribution in [0.15, 0.2) is 42.5 Å². The molecule has 2 aromatic carbocycles. The van der Waals surface area contributed by atoms with Gasteiger partial charge in [-0.2, -0.15) is 0 Å². The number of benzene rings is 2. The Bertz CT molecular complexity index is 982. The van der Waals surface area contributed by atoms with Gasteiger partial charge in [-0.25, -0.2) is 4.98 Å². The first-order chi connectivity index (χ1) is 13.0. The number of nitrogen functional groups attached to an aromatic ring is 1. The lowest BCUT2D eigenvalue weighted by atomic mass is 10.1. The first-order valence-electron chi connectivity index (χ1n) is 9.33. The number of nitrogens with one attached hydrogen (secondary N) is 1. The Balaban J connectivity index is 0.00000280. The fraction of sp³-hybridized carbons (Fsp3) is 0.333. The van der Waals surface area contributed by atoms with E-state index in [4.69, 9.17) is 16.1 Å². The van der Waals surface area contributed by atoms with Crippen LogP contribution in [-0.4, -0.2) is 21.5 Å². The summed E-state index contributed by atoms with van der Waals surface area (Å²) in [4.78, 5) is 4.77. The second-order valence-electron chi connectivity index (χ2n) is 6.86. The van der Waals surface area contributed by atoms with E-state index < -0.39 is 7.80 Å². The number of hydrogen-bond acceptors (Lipinski definition) is 3. The average Bonchev–Trinajstić information content (AvgIpc) is 2.97. The van der Waals surface area contributed by atoms with Gasteiger partial charge in [-0.1, -0.05) is 42.2 Å². The van der Waals surface area contributed by atoms with Crippen molar-refractivity contribution >= 4 is 42.4 Å². The van der Waals surface area contributed by atoms with Crippen molar-refractivity contribution < 1.29 is 4.57 Å². The molecule has 148 valence electrons. The van der Waals surface area contributed by atoms with E-state index >= 15 is 0 Å². The summed E-state index contributed by atoms with van der Waals surface area (Å²) < 4.78 is 14.6. The number of imidazole rings is 1. The largest absolute Gasteiger partial charge is 0.384 e. The number of fused-ring (bicyclic) bond motifs is 1. The van der Waals surface area contributed by atoms with Crippen LogP contribution in [0, 0.1) is 5.41 Å². The first-order valence-corrected chi connectivity index (χ1v) is 10.8. The molecular weight excluding hydrogens is 391 g/mol. The molecule has 3 aromatic rings. The molecule has 3 rings (SSSR count). The van der Waals surface area contributed by atoms with Crippen LogP contribution in [0.2, 0.25) is 0 Å². The lowest BCUT2D eigenvalue weighted by Crippen LogP contribution is -2.10. The Kier molecular flexibility index (Phi) is 7.73. The standard InChI is InChI=1S/C21H26N4OP.ClH/c1-3-4-5-12-27(26)17-10-11-19-18(14-17)24-20(25(19)2)13-15-6-8-16(9-7-15)21(22)23;/h6-11,14H,3-5,12-13H2,1-2H3,(H3,22,23);1H/q+1;. The molecule has 1 heterocycles. The maximum absolute atomic E-state index is 12.5. The van der Waals surface area contributed by atoms with Gasteiger partial charge in [-0.3, -0.25) is 5.41 Å². The van der Waals surface area contributed by atoms with E-state index in [-0.39, 0.29) is 18.2 Å². The van der Waals surface area contributed by atoms with Gasteiger partial charge < -0.3 is 10.3 Å². The molecule has 0 aliphatic carbocycles. The second kappa shape index (κ2) is 9.81. The number of aromatic nitrogens is 2. The van der Waals surface area contributed by atoms with Crippen molar-refractivity contribution in [2.24, 2.45) is 12.8 Å². The third-order valence-corrected chi connectivity index (χ3v) is 6.41. The van der Waals surface area contributed by atoms with Crippen molar-refractivity contribution in [3.63, 3.8) is 0 Å². The lowest BCUT2D eigenvalue weighted by molar-refractivity contribution is 0.590. The molecule has 0 fully saturated rings. The lowest BCUT2D eigenvalue weighted by Gasteiger charge is -2.04. The molecule has 0 amide bonds. The van der Waals surface area contributed by atoms with Crippen LogP contribution in [0.4, 0.5) is 0 Å². The molecule has 3 N–H and O–H groups in total. The molecule has 0 saturated carbocycles. The third kappa shape index (κ3) is 4.98. The van der Waals surface area contributed by atoms with Crippen LogP contribution in [0.1, 0.15) is 43.1 Å². The molecule has 0 spiro atoms. The van der Waals surface area contributed by atoms with E-state index in [0.29, 0.717) is 6.42 Å². The highest BCUT2D eigenvalue weighted by molar-refractivity contribution is 7.53. The van der Waals surface area contributed by atoms with Gasteiger partial charge in [-0.05, 0) is 30.5 Å².